The van der Waals surface area contributed by atoms with Crippen LogP contribution in [0.15, 0.2) is 35.7 Å². The quantitative estimate of drug-likeness (QED) is 0.881. The van der Waals surface area contributed by atoms with Gasteiger partial charge in [0, 0.05) is 10.9 Å². The van der Waals surface area contributed by atoms with Crippen LogP contribution in [-0.4, -0.2) is 13.2 Å². The molecule has 19 heavy (non-hydrogen) atoms. The van der Waals surface area contributed by atoms with Crippen LogP contribution in [-0.2, 0) is 13.0 Å². The molecule has 0 saturated carbocycles. The normalized spacial score (nSPS) is 12.2. The van der Waals surface area contributed by atoms with Crippen molar-refractivity contribution < 1.29 is 9.47 Å². The highest BCUT2D eigenvalue weighted by Crippen LogP contribution is 2.29. The van der Waals surface area contributed by atoms with E-state index < -0.39 is 0 Å². The van der Waals surface area contributed by atoms with Crippen LogP contribution in [0.1, 0.15) is 17.4 Å². The summed E-state index contributed by atoms with van der Waals surface area (Å²) in [7, 11) is 1.66. The van der Waals surface area contributed by atoms with Gasteiger partial charge in [-0.3, -0.25) is 0 Å². The van der Waals surface area contributed by atoms with Crippen LogP contribution in [0.4, 0.5) is 0 Å². The Balaban J connectivity index is 2.07. The van der Waals surface area contributed by atoms with Crippen LogP contribution >= 0.6 is 11.3 Å². The van der Waals surface area contributed by atoms with E-state index in [1.807, 2.05) is 36.6 Å². The summed E-state index contributed by atoms with van der Waals surface area (Å²) in [5.74, 6) is 1.53. The summed E-state index contributed by atoms with van der Waals surface area (Å²) in [5.41, 5.74) is 6.97. The number of thiophene rings is 1. The van der Waals surface area contributed by atoms with Gasteiger partial charge in [0.2, 0.25) is 0 Å². The monoisotopic (exact) mass is 277 g/mol. The average Bonchev–Trinajstić information content (AvgIpc) is 2.89. The molecular weight excluding hydrogens is 258 g/mol. The highest BCUT2D eigenvalue weighted by atomic mass is 32.1. The molecule has 2 rings (SSSR count). The van der Waals surface area contributed by atoms with Crippen molar-refractivity contribution in [1.29, 1.82) is 0 Å². The van der Waals surface area contributed by atoms with Gasteiger partial charge >= 0.3 is 0 Å². The number of hydrogen-bond donors (Lipinski definition) is 1. The van der Waals surface area contributed by atoms with Crippen molar-refractivity contribution in [3.05, 3.63) is 46.2 Å². The van der Waals surface area contributed by atoms with Crippen LogP contribution in [0, 0.1) is 0 Å². The molecule has 2 aromatic rings. The zero-order valence-electron chi connectivity index (χ0n) is 11.3. The Morgan fingerprint density at radius 1 is 1.26 bits per heavy atom. The van der Waals surface area contributed by atoms with Gasteiger partial charge in [-0.15, -0.1) is 11.3 Å². The SMILES string of the molecule is COc1cc(CC(C)N)ccc1OCc1cccs1. The maximum absolute atomic E-state index is 5.81. The molecule has 1 atom stereocenters. The molecular formula is C15H19NO2S. The molecule has 0 saturated heterocycles. The number of benzene rings is 1. The molecule has 0 aliphatic carbocycles. The van der Waals surface area contributed by atoms with Gasteiger partial charge in [0.1, 0.15) is 6.61 Å². The summed E-state index contributed by atoms with van der Waals surface area (Å²) < 4.78 is 11.2. The average molecular weight is 277 g/mol. The molecule has 0 spiro atoms. The van der Waals surface area contributed by atoms with E-state index in [0.717, 1.165) is 23.5 Å². The highest BCUT2D eigenvalue weighted by molar-refractivity contribution is 7.09. The molecule has 0 amide bonds. The molecule has 102 valence electrons. The van der Waals surface area contributed by atoms with E-state index in [2.05, 4.69) is 6.07 Å². The highest BCUT2D eigenvalue weighted by Gasteiger charge is 2.07. The molecule has 1 unspecified atom stereocenters. The van der Waals surface area contributed by atoms with Crippen molar-refractivity contribution in [2.75, 3.05) is 7.11 Å². The summed E-state index contributed by atoms with van der Waals surface area (Å²) >= 11 is 1.68. The second-order valence-electron chi connectivity index (χ2n) is 4.53. The third-order valence-electron chi connectivity index (χ3n) is 2.74. The zero-order chi connectivity index (χ0) is 13.7. The molecule has 1 heterocycles. The third kappa shape index (κ3) is 3.98. The lowest BCUT2D eigenvalue weighted by Crippen LogP contribution is -2.17. The van der Waals surface area contributed by atoms with Crippen molar-refractivity contribution in [2.24, 2.45) is 5.73 Å². The predicted octanol–water partition coefficient (Wildman–Crippen LogP) is 3.23. The van der Waals surface area contributed by atoms with Crippen molar-refractivity contribution in [2.45, 2.75) is 26.0 Å². The van der Waals surface area contributed by atoms with E-state index in [1.54, 1.807) is 18.4 Å². The summed E-state index contributed by atoms with van der Waals surface area (Å²) in [5, 5.41) is 2.04. The zero-order valence-corrected chi connectivity index (χ0v) is 12.1. The number of nitrogens with two attached hydrogens (primary N) is 1. The fraction of sp³-hybridized carbons (Fsp3) is 0.333. The fourth-order valence-corrected chi connectivity index (χ4v) is 2.49. The minimum Gasteiger partial charge on any atom is -0.493 e. The van der Waals surface area contributed by atoms with Crippen molar-refractivity contribution in [3.63, 3.8) is 0 Å². The van der Waals surface area contributed by atoms with Crippen LogP contribution < -0.4 is 15.2 Å². The molecule has 0 aliphatic rings. The van der Waals surface area contributed by atoms with Gasteiger partial charge in [0.05, 0.1) is 7.11 Å². The van der Waals surface area contributed by atoms with Crippen LogP contribution in [0.2, 0.25) is 0 Å². The van der Waals surface area contributed by atoms with E-state index >= 15 is 0 Å². The molecule has 2 N–H and O–H groups in total. The van der Waals surface area contributed by atoms with E-state index in [-0.39, 0.29) is 6.04 Å². The number of rotatable bonds is 6. The summed E-state index contributed by atoms with van der Waals surface area (Å²) in [6.45, 7) is 2.56. The number of methoxy groups -OCH3 is 1. The lowest BCUT2D eigenvalue weighted by Gasteiger charge is -2.12. The Labute approximate surface area is 118 Å². The van der Waals surface area contributed by atoms with E-state index in [9.17, 15) is 0 Å². The smallest absolute Gasteiger partial charge is 0.161 e. The number of ether oxygens (including phenoxy) is 2. The van der Waals surface area contributed by atoms with Gasteiger partial charge < -0.3 is 15.2 Å². The Kier molecular flexibility index (Phi) is 4.82. The molecule has 3 nitrogen and oxygen atoms in total. The van der Waals surface area contributed by atoms with Gasteiger partial charge in [-0.1, -0.05) is 12.1 Å². The van der Waals surface area contributed by atoms with E-state index in [0.29, 0.717) is 6.61 Å². The minimum absolute atomic E-state index is 0.141. The Hall–Kier alpha value is -1.52. The van der Waals surface area contributed by atoms with Crippen molar-refractivity contribution >= 4 is 11.3 Å². The molecule has 0 aliphatic heterocycles. The van der Waals surface area contributed by atoms with Gasteiger partial charge in [0.15, 0.2) is 11.5 Å². The molecule has 1 aromatic heterocycles. The second kappa shape index (κ2) is 6.59. The van der Waals surface area contributed by atoms with Crippen LogP contribution in [0.3, 0.4) is 0 Å². The third-order valence-corrected chi connectivity index (χ3v) is 3.59. The van der Waals surface area contributed by atoms with E-state index in [1.165, 1.54) is 4.88 Å². The molecule has 0 fully saturated rings. The van der Waals surface area contributed by atoms with Gasteiger partial charge in [-0.2, -0.15) is 0 Å². The first-order chi connectivity index (χ1) is 9.19. The maximum atomic E-state index is 5.81. The predicted molar refractivity (Wildman–Crippen MR) is 79.0 cm³/mol. The lowest BCUT2D eigenvalue weighted by molar-refractivity contribution is 0.287. The van der Waals surface area contributed by atoms with Gasteiger partial charge in [-0.25, -0.2) is 0 Å². The first kappa shape index (κ1) is 13.9. The van der Waals surface area contributed by atoms with Crippen LogP contribution in [0.25, 0.3) is 0 Å². The fourth-order valence-electron chi connectivity index (χ4n) is 1.87. The molecule has 0 bridgehead atoms. The first-order valence-electron chi connectivity index (χ1n) is 6.26. The van der Waals surface area contributed by atoms with Gasteiger partial charge in [0.25, 0.3) is 0 Å². The first-order valence-corrected chi connectivity index (χ1v) is 7.14. The second-order valence-corrected chi connectivity index (χ2v) is 5.57. The Bertz CT molecular complexity index is 509. The van der Waals surface area contributed by atoms with E-state index in [4.69, 9.17) is 15.2 Å². The Morgan fingerprint density at radius 2 is 2.11 bits per heavy atom. The van der Waals surface area contributed by atoms with Crippen LogP contribution in [0.5, 0.6) is 11.5 Å². The maximum Gasteiger partial charge on any atom is 0.161 e. The Morgan fingerprint density at radius 3 is 2.74 bits per heavy atom. The summed E-state index contributed by atoms with van der Waals surface area (Å²) in [6, 6.07) is 10.2. The lowest BCUT2D eigenvalue weighted by atomic mass is 10.1. The minimum atomic E-state index is 0.141. The van der Waals surface area contributed by atoms with Gasteiger partial charge in [-0.05, 0) is 42.5 Å². The standard InChI is InChI=1S/C15H19NO2S/c1-11(16)8-12-5-6-14(15(9-12)17-2)18-10-13-4-3-7-19-13/h3-7,9,11H,8,10,16H2,1-2H3. The largest absolute Gasteiger partial charge is 0.493 e. The summed E-state index contributed by atoms with van der Waals surface area (Å²) in [4.78, 5) is 1.20. The molecule has 4 heteroatoms. The van der Waals surface area contributed by atoms with Crippen molar-refractivity contribution in [3.8, 4) is 11.5 Å². The molecule has 1 aromatic carbocycles. The summed E-state index contributed by atoms with van der Waals surface area (Å²) in [6.07, 6.45) is 0.835. The van der Waals surface area contributed by atoms with Crippen molar-refractivity contribution in [1.82, 2.24) is 0 Å². The topological polar surface area (TPSA) is 44.5 Å². The number of hydrogen-bond acceptors (Lipinski definition) is 4. The molecule has 0 radical (unpaired) electrons.